The lowest BCUT2D eigenvalue weighted by Crippen LogP contribution is -2.11. The lowest BCUT2D eigenvalue weighted by atomic mass is 10.1. The van der Waals surface area contributed by atoms with E-state index in [0.717, 1.165) is 5.56 Å². The molecule has 0 saturated carbocycles. The Bertz CT molecular complexity index is 299. The van der Waals surface area contributed by atoms with Crippen molar-refractivity contribution >= 4 is 24.0 Å². The van der Waals surface area contributed by atoms with Crippen molar-refractivity contribution in [3.8, 4) is 0 Å². The molecule has 0 aliphatic rings. The third kappa shape index (κ3) is 2.13. The van der Waals surface area contributed by atoms with Crippen LogP contribution in [0, 0.1) is 6.92 Å². The van der Waals surface area contributed by atoms with E-state index < -0.39 is 5.91 Å². The first-order valence-electron chi connectivity index (χ1n) is 3.27. The molecular weight excluding hydrogens is 176 g/mol. The fraction of sp³-hybridized carbons (Fsp3) is 0.125. The summed E-state index contributed by atoms with van der Waals surface area (Å²) in [7, 11) is 0. The van der Waals surface area contributed by atoms with E-state index in [0.29, 0.717) is 11.3 Å². The molecule has 1 rings (SSSR count). The van der Waals surface area contributed by atoms with Crippen LogP contribution in [-0.2, 0) is 0 Å². The summed E-state index contributed by atoms with van der Waals surface area (Å²) < 4.78 is 0. The fourth-order valence-corrected chi connectivity index (χ4v) is 0.829. The van der Waals surface area contributed by atoms with Gasteiger partial charge in [0, 0.05) is 11.3 Å². The van der Waals surface area contributed by atoms with Gasteiger partial charge < -0.3 is 11.5 Å². The highest BCUT2D eigenvalue weighted by Crippen LogP contribution is 2.11. The van der Waals surface area contributed by atoms with E-state index in [1.165, 1.54) is 0 Å². The predicted octanol–water partition coefficient (Wildman–Crippen LogP) is 1.10. The van der Waals surface area contributed by atoms with E-state index in [4.69, 9.17) is 11.5 Å². The van der Waals surface area contributed by atoms with E-state index >= 15 is 0 Å². The molecule has 0 fully saturated rings. The van der Waals surface area contributed by atoms with E-state index in [9.17, 15) is 4.79 Å². The number of hydrogen-bond acceptors (Lipinski definition) is 2. The molecular formula is C8H11ClN2O. The van der Waals surface area contributed by atoms with Crippen LogP contribution < -0.4 is 11.5 Å². The molecule has 1 aromatic rings. The quantitative estimate of drug-likeness (QED) is 0.645. The number of hydrogen-bond donors (Lipinski definition) is 2. The maximum Gasteiger partial charge on any atom is 0.248 e. The zero-order valence-electron chi connectivity index (χ0n) is 6.70. The van der Waals surface area contributed by atoms with Crippen LogP contribution in [0.4, 0.5) is 5.69 Å². The zero-order valence-corrected chi connectivity index (χ0v) is 7.52. The number of benzene rings is 1. The first kappa shape index (κ1) is 10.8. The molecule has 0 radical (unpaired) electrons. The maximum absolute atomic E-state index is 10.6. The number of carbonyl (C=O) groups excluding carboxylic acids is 1. The van der Waals surface area contributed by atoms with Gasteiger partial charge in [-0.25, -0.2) is 0 Å². The van der Waals surface area contributed by atoms with Crippen LogP contribution in [-0.4, -0.2) is 5.91 Å². The Morgan fingerprint density at radius 2 is 2.00 bits per heavy atom. The molecule has 0 heterocycles. The van der Waals surface area contributed by atoms with Crippen LogP contribution >= 0.6 is 12.4 Å². The molecule has 3 nitrogen and oxygen atoms in total. The summed E-state index contributed by atoms with van der Waals surface area (Å²) in [5.74, 6) is -0.423. The second kappa shape index (κ2) is 3.97. The van der Waals surface area contributed by atoms with Crippen LogP contribution in [0.5, 0.6) is 0 Å². The molecule has 0 bridgehead atoms. The van der Waals surface area contributed by atoms with Gasteiger partial charge in [-0.2, -0.15) is 0 Å². The standard InChI is InChI=1S/C8H10N2O.ClH/c1-5-4-6(8(10)11)2-3-7(5)9;/h2-4H,9H2,1H3,(H2,10,11);1H. The number of anilines is 1. The second-order valence-corrected chi connectivity index (χ2v) is 2.44. The van der Waals surface area contributed by atoms with Gasteiger partial charge in [-0.05, 0) is 30.7 Å². The third-order valence-electron chi connectivity index (χ3n) is 1.55. The van der Waals surface area contributed by atoms with Gasteiger partial charge in [0.2, 0.25) is 5.91 Å². The normalized spacial score (nSPS) is 8.75. The first-order chi connectivity index (χ1) is 5.11. The number of halogens is 1. The highest BCUT2D eigenvalue weighted by Gasteiger charge is 2.00. The zero-order chi connectivity index (χ0) is 8.43. The average molecular weight is 187 g/mol. The largest absolute Gasteiger partial charge is 0.399 e. The molecule has 4 heteroatoms. The monoisotopic (exact) mass is 186 g/mol. The summed E-state index contributed by atoms with van der Waals surface area (Å²) in [6.45, 7) is 1.84. The molecule has 0 saturated heterocycles. The van der Waals surface area contributed by atoms with Crippen molar-refractivity contribution in [3.05, 3.63) is 29.3 Å². The van der Waals surface area contributed by atoms with Gasteiger partial charge in [0.05, 0.1) is 0 Å². The number of nitrogens with two attached hydrogens (primary N) is 2. The van der Waals surface area contributed by atoms with Gasteiger partial charge in [-0.3, -0.25) is 4.79 Å². The predicted molar refractivity (Wildman–Crippen MR) is 51.4 cm³/mol. The molecule has 0 atom stereocenters. The van der Waals surface area contributed by atoms with Crippen LogP contribution in [0.25, 0.3) is 0 Å². The minimum absolute atomic E-state index is 0. The summed E-state index contributed by atoms with van der Waals surface area (Å²) in [5, 5.41) is 0. The van der Waals surface area contributed by atoms with E-state index in [2.05, 4.69) is 0 Å². The van der Waals surface area contributed by atoms with Gasteiger partial charge >= 0.3 is 0 Å². The summed E-state index contributed by atoms with van der Waals surface area (Å²) in [6, 6.07) is 4.97. The molecule has 0 aromatic heterocycles. The minimum atomic E-state index is -0.423. The molecule has 12 heavy (non-hydrogen) atoms. The smallest absolute Gasteiger partial charge is 0.248 e. The fourth-order valence-electron chi connectivity index (χ4n) is 0.829. The molecule has 66 valence electrons. The van der Waals surface area contributed by atoms with Crippen LogP contribution in [0.3, 0.4) is 0 Å². The van der Waals surface area contributed by atoms with Crippen molar-refractivity contribution in [1.82, 2.24) is 0 Å². The summed E-state index contributed by atoms with van der Waals surface area (Å²) in [5.41, 5.74) is 12.6. The van der Waals surface area contributed by atoms with E-state index in [1.54, 1.807) is 18.2 Å². The SMILES string of the molecule is Cc1cc(C(N)=O)ccc1N.Cl. The number of carbonyl (C=O) groups is 1. The Morgan fingerprint density at radius 1 is 1.42 bits per heavy atom. The second-order valence-electron chi connectivity index (χ2n) is 2.44. The summed E-state index contributed by atoms with van der Waals surface area (Å²) in [6.07, 6.45) is 0. The third-order valence-corrected chi connectivity index (χ3v) is 1.55. The van der Waals surface area contributed by atoms with Gasteiger partial charge in [0.25, 0.3) is 0 Å². The summed E-state index contributed by atoms with van der Waals surface area (Å²) in [4.78, 5) is 10.6. The molecule has 1 amide bonds. The first-order valence-corrected chi connectivity index (χ1v) is 3.27. The Hall–Kier alpha value is -1.22. The Kier molecular flexibility index (Phi) is 3.57. The number of aryl methyl sites for hydroxylation is 1. The highest BCUT2D eigenvalue weighted by molar-refractivity contribution is 5.93. The van der Waals surface area contributed by atoms with Crippen molar-refractivity contribution in [3.63, 3.8) is 0 Å². The van der Waals surface area contributed by atoms with Gasteiger partial charge in [-0.1, -0.05) is 0 Å². The van der Waals surface area contributed by atoms with Crippen molar-refractivity contribution in [2.75, 3.05) is 5.73 Å². The lowest BCUT2D eigenvalue weighted by molar-refractivity contribution is 0.100. The molecule has 0 aliphatic heterocycles. The van der Waals surface area contributed by atoms with Crippen LogP contribution in [0.1, 0.15) is 15.9 Å². The van der Waals surface area contributed by atoms with Crippen molar-refractivity contribution < 1.29 is 4.79 Å². The molecule has 0 spiro atoms. The molecule has 0 unspecified atom stereocenters. The number of rotatable bonds is 1. The van der Waals surface area contributed by atoms with Crippen molar-refractivity contribution in [2.45, 2.75) is 6.92 Å². The average Bonchev–Trinajstić information content (AvgIpc) is 1.94. The molecule has 1 aromatic carbocycles. The van der Waals surface area contributed by atoms with E-state index in [1.807, 2.05) is 6.92 Å². The van der Waals surface area contributed by atoms with Gasteiger partial charge in [0.15, 0.2) is 0 Å². The number of nitrogen functional groups attached to an aromatic ring is 1. The van der Waals surface area contributed by atoms with Gasteiger partial charge in [0.1, 0.15) is 0 Å². The van der Waals surface area contributed by atoms with Gasteiger partial charge in [-0.15, -0.1) is 12.4 Å². The number of amides is 1. The summed E-state index contributed by atoms with van der Waals surface area (Å²) >= 11 is 0. The highest BCUT2D eigenvalue weighted by atomic mass is 35.5. The maximum atomic E-state index is 10.6. The molecule has 4 N–H and O–H groups in total. The Labute approximate surface area is 77.2 Å². The topological polar surface area (TPSA) is 69.1 Å². The number of primary amides is 1. The Balaban J connectivity index is 0.00000121. The van der Waals surface area contributed by atoms with Crippen LogP contribution in [0.15, 0.2) is 18.2 Å². The van der Waals surface area contributed by atoms with Crippen LogP contribution in [0.2, 0.25) is 0 Å². The molecule has 0 aliphatic carbocycles. The Morgan fingerprint density at radius 3 is 2.42 bits per heavy atom. The van der Waals surface area contributed by atoms with Crippen molar-refractivity contribution in [1.29, 1.82) is 0 Å². The van der Waals surface area contributed by atoms with E-state index in [-0.39, 0.29) is 12.4 Å². The van der Waals surface area contributed by atoms with Crippen molar-refractivity contribution in [2.24, 2.45) is 5.73 Å². The minimum Gasteiger partial charge on any atom is -0.399 e. The lowest BCUT2D eigenvalue weighted by Gasteiger charge is -2.00.